The van der Waals surface area contributed by atoms with E-state index in [9.17, 15) is 4.79 Å². The molecule has 0 aromatic heterocycles. The normalized spacial score (nSPS) is 18.3. The van der Waals surface area contributed by atoms with Crippen molar-refractivity contribution in [3.8, 4) is 5.75 Å². The molecule has 1 aliphatic rings. The second-order valence-electron chi connectivity index (χ2n) is 6.89. The van der Waals surface area contributed by atoms with E-state index in [4.69, 9.17) is 9.47 Å². The van der Waals surface area contributed by atoms with Gasteiger partial charge >= 0.3 is 135 Å². The SMILES string of the molecule is COc1ccc(C(=O)[CH]([SnH]2[CH2]COC[CH2]2)C(C)(C)C)cc1. The summed E-state index contributed by atoms with van der Waals surface area (Å²) in [4.78, 5) is 13.1. The molecular formula is C17H26O3Sn. The molecule has 2 rings (SSSR count). The number of ether oxygens (including phenoxy) is 2. The number of Topliss-reactive ketones (excluding diaryl/α,β-unsaturated/α-hetero) is 1. The van der Waals surface area contributed by atoms with Crippen LogP contribution in [0.1, 0.15) is 31.1 Å². The van der Waals surface area contributed by atoms with Crippen molar-refractivity contribution in [2.75, 3.05) is 20.3 Å². The van der Waals surface area contributed by atoms with Gasteiger partial charge in [-0.1, -0.05) is 0 Å². The number of hydrogen-bond donors (Lipinski definition) is 0. The summed E-state index contributed by atoms with van der Waals surface area (Å²) in [6, 6.07) is 7.58. The van der Waals surface area contributed by atoms with E-state index in [1.165, 1.54) is 8.87 Å². The van der Waals surface area contributed by atoms with Crippen molar-refractivity contribution in [3.05, 3.63) is 29.8 Å². The number of ketones is 1. The second kappa shape index (κ2) is 7.14. The molecule has 0 saturated carbocycles. The fourth-order valence-electron chi connectivity index (χ4n) is 3.30. The summed E-state index contributed by atoms with van der Waals surface area (Å²) in [6.07, 6.45) is 0. The van der Waals surface area contributed by atoms with Gasteiger partial charge in [0, 0.05) is 0 Å². The standard InChI is InChI=1S/C13H17O2.C4H8O.Sn.H/c1-13(2,3)9-12(14)10-5-7-11(15-4)8-6-10;1-3-5-4-2;;/h5-9H,1-4H3;1-4H2;;. The molecule has 0 bridgehead atoms. The van der Waals surface area contributed by atoms with Crippen LogP contribution in [0.3, 0.4) is 0 Å². The molecule has 1 aliphatic heterocycles. The van der Waals surface area contributed by atoms with Gasteiger partial charge in [-0.15, -0.1) is 0 Å². The Morgan fingerprint density at radius 2 is 1.76 bits per heavy atom. The maximum absolute atomic E-state index is 13.1. The van der Waals surface area contributed by atoms with Crippen LogP contribution in [-0.2, 0) is 4.74 Å². The summed E-state index contributed by atoms with van der Waals surface area (Å²) in [6.45, 7) is 8.37. The molecule has 1 unspecified atom stereocenters. The summed E-state index contributed by atoms with van der Waals surface area (Å²) < 4.78 is 13.3. The summed E-state index contributed by atoms with van der Waals surface area (Å²) in [5, 5.41) is 0. The van der Waals surface area contributed by atoms with Gasteiger partial charge in [-0.05, 0) is 0 Å². The fraction of sp³-hybridized carbons (Fsp3) is 0.588. The third-order valence-corrected chi connectivity index (χ3v) is 16.3. The Morgan fingerprint density at radius 1 is 1.19 bits per heavy atom. The van der Waals surface area contributed by atoms with Crippen molar-refractivity contribution in [1.29, 1.82) is 0 Å². The quantitative estimate of drug-likeness (QED) is 0.576. The van der Waals surface area contributed by atoms with Crippen molar-refractivity contribution in [1.82, 2.24) is 0 Å². The third kappa shape index (κ3) is 4.22. The van der Waals surface area contributed by atoms with E-state index in [1.54, 1.807) is 7.11 Å². The summed E-state index contributed by atoms with van der Waals surface area (Å²) in [5.41, 5.74) is 0.883. The van der Waals surface area contributed by atoms with Gasteiger partial charge < -0.3 is 0 Å². The van der Waals surface area contributed by atoms with Crippen LogP contribution in [0, 0.1) is 5.41 Å². The number of carbonyl (C=O) groups is 1. The molecule has 1 aromatic carbocycles. The summed E-state index contributed by atoms with van der Waals surface area (Å²) >= 11 is -1.90. The van der Waals surface area contributed by atoms with E-state index in [1.807, 2.05) is 24.3 Å². The number of hydrogen-bond acceptors (Lipinski definition) is 3. The van der Waals surface area contributed by atoms with Crippen LogP contribution in [0.15, 0.2) is 24.3 Å². The Balaban J connectivity index is 2.24. The van der Waals surface area contributed by atoms with Crippen LogP contribution in [0.5, 0.6) is 5.75 Å². The first-order valence-electron chi connectivity index (χ1n) is 7.69. The van der Waals surface area contributed by atoms with Gasteiger partial charge in [0.1, 0.15) is 0 Å². The van der Waals surface area contributed by atoms with Gasteiger partial charge in [0.2, 0.25) is 0 Å². The van der Waals surface area contributed by atoms with Gasteiger partial charge in [-0.3, -0.25) is 0 Å². The first-order chi connectivity index (χ1) is 9.93. The first kappa shape index (κ1) is 16.8. The average Bonchev–Trinajstić information content (AvgIpc) is 2.47. The predicted molar refractivity (Wildman–Crippen MR) is 88.1 cm³/mol. The van der Waals surface area contributed by atoms with E-state index in [2.05, 4.69) is 20.8 Å². The van der Waals surface area contributed by atoms with Crippen molar-refractivity contribution < 1.29 is 14.3 Å². The molecule has 21 heavy (non-hydrogen) atoms. The van der Waals surface area contributed by atoms with Crippen LogP contribution < -0.4 is 4.74 Å². The molecule has 1 saturated heterocycles. The minimum atomic E-state index is -1.90. The molecule has 0 radical (unpaired) electrons. The molecule has 116 valence electrons. The van der Waals surface area contributed by atoms with Crippen LogP contribution in [0.25, 0.3) is 0 Å². The Kier molecular flexibility index (Phi) is 5.72. The Hall–Kier alpha value is -0.551. The van der Waals surface area contributed by atoms with Crippen molar-refractivity contribution >= 4 is 25.5 Å². The van der Waals surface area contributed by atoms with Gasteiger partial charge in [0.25, 0.3) is 0 Å². The molecule has 1 heterocycles. The molecule has 4 heteroatoms. The monoisotopic (exact) mass is 398 g/mol. The van der Waals surface area contributed by atoms with E-state index in [0.717, 1.165) is 24.5 Å². The minimum absolute atomic E-state index is 0.0507. The van der Waals surface area contributed by atoms with Crippen LogP contribution in [-0.4, -0.2) is 45.9 Å². The van der Waals surface area contributed by atoms with Gasteiger partial charge in [0.15, 0.2) is 0 Å². The summed E-state index contributed by atoms with van der Waals surface area (Å²) in [5.74, 6) is 1.14. The molecule has 0 N–H and O–H groups in total. The maximum atomic E-state index is 13.1. The Morgan fingerprint density at radius 3 is 2.24 bits per heavy atom. The van der Waals surface area contributed by atoms with Crippen molar-refractivity contribution in [2.45, 2.75) is 33.6 Å². The number of benzene rings is 1. The van der Waals surface area contributed by atoms with Gasteiger partial charge in [-0.25, -0.2) is 0 Å². The second-order valence-corrected chi connectivity index (χ2v) is 16.4. The Bertz CT molecular complexity index is 470. The zero-order valence-electron chi connectivity index (χ0n) is 13.5. The molecule has 1 atom stereocenters. The molecule has 1 fully saturated rings. The molecule has 0 spiro atoms. The molecule has 0 amide bonds. The van der Waals surface area contributed by atoms with Crippen molar-refractivity contribution in [2.24, 2.45) is 5.41 Å². The summed E-state index contributed by atoms with van der Waals surface area (Å²) in [7, 11) is 1.65. The van der Waals surface area contributed by atoms with Gasteiger partial charge in [0.05, 0.1) is 0 Å². The van der Waals surface area contributed by atoms with E-state index < -0.39 is 19.8 Å². The molecular weight excluding hydrogens is 371 g/mol. The first-order valence-corrected chi connectivity index (χ1v) is 14.3. The number of rotatable bonds is 4. The van der Waals surface area contributed by atoms with Crippen LogP contribution >= 0.6 is 0 Å². The van der Waals surface area contributed by atoms with E-state index in [-0.39, 0.29) is 9.35 Å². The topological polar surface area (TPSA) is 35.5 Å². The zero-order chi connectivity index (χ0) is 15.5. The average molecular weight is 397 g/mol. The van der Waals surface area contributed by atoms with Crippen molar-refractivity contribution in [3.63, 3.8) is 0 Å². The third-order valence-electron chi connectivity index (χ3n) is 4.33. The fourth-order valence-corrected chi connectivity index (χ4v) is 14.5. The number of carbonyl (C=O) groups excluding carboxylic acids is 1. The molecule has 0 aliphatic carbocycles. The van der Waals surface area contributed by atoms with E-state index >= 15 is 0 Å². The van der Waals surface area contributed by atoms with Crippen LogP contribution in [0.2, 0.25) is 12.8 Å². The Labute approximate surface area is 134 Å². The van der Waals surface area contributed by atoms with Crippen LogP contribution in [0.4, 0.5) is 0 Å². The zero-order valence-corrected chi connectivity index (χ0v) is 16.8. The number of methoxy groups -OCH3 is 1. The van der Waals surface area contributed by atoms with E-state index in [0.29, 0.717) is 5.78 Å². The predicted octanol–water partition coefficient (Wildman–Crippen LogP) is 3.55. The van der Waals surface area contributed by atoms with Gasteiger partial charge in [-0.2, -0.15) is 0 Å². The molecule has 1 aromatic rings. The molecule has 3 nitrogen and oxygen atoms in total.